The van der Waals surface area contributed by atoms with Crippen molar-refractivity contribution in [3.05, 3.63) is 12.4 Å². The van der Waals surface area contributed by atoms with Crippen LogP contribution >= 0.6 is 0 Å². The van der Waals surface area contributed by atoms with Gasteiger partial charge in [0.25, 0.3) is 0 Å². The van der Waals surface area contributed by atoms with Gasteiger partial charge in [0.05, 0.1) is 25.8 Å². The number of hydrogen-bond donors (Lipinski definition) is 2. The monoisotopic (exact) mass is 305 g/mol. The van der Waals surface area contributed by atoms with Gasteiger partial charge in [-0.15, -0.1) is 0 Å². The molecule has 20 heavy (non-hydrogen) atoms. The number of carboxylic acid groups (broad SMARTS) is 1. The van der Waals surface area contributed by atoms with E-state index in [-0.39, 0.29) is 31.0 Å². The van der Waals surface area contributed by atoms with Crippen LogP contribution < -0.4 is 0 Å². The van der Waals surface area contributed by atoms with Crippen molar-refractivity contribution in [2.75, 3.05) is 19.7 Å². The molecule has 0 aromatic carbocycles. The average Bonchev–Trinajstić information content (AvgIpc) is 2.85. The van der Waals surface area contributed by atoms with Gasteiger partial charge in [-0.2, -0.15) is 9.40 Å². The first kappa shape index (κ1) is 16.6. The predicted octanol–water partition coefficient (Wildman–Crippen LogP) is -0.249. The smallest absolute Gasteiger partial charge is 0.305 e. The fraction of sp³-hybridized carbons (Fsp3) is 0.636. The lowest BCUT2D eigenvalue weighted by Crippen LogP contribution is -2.34. The van der Waals surface area contributed by atoms with Crippen LogP contribution in [-0.4, -0.2) is 58.4 Å². The number of aromatic nitrogens is 2. The summed E-state index contributed by atoms with van der Waals surface area (Å²) < 4.78 is 27.1. The zero-order chi connectivity index (χ0) is 15.2. The summed E-state index contributed by atoms with van der Waals surface area (Å²) in [5, 5.41) is 21.3. The van der Waals surface area contributed by atoms with Gasteiger partial charge in [-0.1, -0.05) is 6.92 Å². The summed E-state index contributed by atoms with van der Waals surface area (Å²) in [5.41, 5.74) is 0. The standard InChI is InChI=1S/C11H19N3O5S/c1-2-4-14(6-7-15)20(18,19)10-8-12-13(9-10)5-3-11(16)17/h8-9,15H,2-7H2,1H3,(H,16,17). The summed E-state index contributed by atoms with van der Waals surface area (Å²) in [6.07, 6.45) is 3.00. The minimum atomic E-state index is -3.70. The van der Waals surface area contributed by atoms with Gasteiger partial charge >= 0.3 is 5.97 Å². The molecule has 0 radical (unpaired) electrons. The number of nitrogens with zero attached hydrogens (tertiary/aromatic N) is 3. The number of hydrogen-bond acceptors (Lipinski definition) is 5. The van der Waals surface area contributed by atoms with E-state index < -0.39 is 16.0 Å². The predicted molar refractivity (Wildman–Crippen MR) is 70.6 cm³/mol. The number of aliphatic hydroxyl groups excluding tert-OH is 1. The highest BCUT2D eigenvalue weighted by Crippen LogP contribution is 2.15. The number of rotatable bonds is 9. The van der Waals surface area contributed by atoms with Crippen molar-refractivity contribution in [3.8, 4) is 0 Å². The van der Waals surface area contributed by atoms with Gasteiger partial charge in [0.2, 0.25) is 10.0 Å². The maximum atomic E-state index is 12.3. The van der Waals surface area contributed by atoms with Crippen molar-refractivity contribution in [2.24, 2.45) is 0 Å². The van der Waals surface area contributed by atoms with Crippen molar-refractivity contribution in [1.29, 1.82) is 0 Å². The molecule has 0 aliphatic carbocycles. The molecular formula is C11H19N3O5S. The maximum Gasteiger partial charge on any atom is 0.305 e. The molecular weight excluding hydrogens is 286 g/mol. The number of aliphatic carboxylic acids is 1. The van der Waals surface area contributed by atoms with Crippen LogP contribution in [0.15, 0.2) is 17.3 Å². The molecule has 1 heterocycles. The number of carboxylic acids is 1. The Hall–Kier alpha value is -1.45. The Morgan fingerprint density at radius 2 is 2.15 bits per heavy atom. The molecule has 1 aromatic heterocycles. The summed E-state index contributed by atoms with van der Waals surface area (Å²) in [6.45, 7) is 2.03. The second-order valence-corrected chi connectivity index (χ2v) is 6.15. The minimum absolute atomic E-state index is 0.00443. The molecule has 0 bridgehead atoms. The van der Waals surface area contributed by atoms with Crippen molar-refractivity contribution in [1.82, 2.24) is 14.1 Å². The van der Waals surface area contributed by atoms with Crippen molar-refractivity contribution >= 4 is 16.0 Å². The zero-order valence-corrected chi connectivity index (χ0v) is 12.1. The fourth-order valence-electron chi connectivity index (χ4n) is 1.67. The molecule has 1 rings (SSSR count). The van der Waals surface area contributed by atoms with Gasteiger partial charge < -0.3 is 10.2 Å². The van der Waals surface area contributed by atoms with Crippen molar-refractivity contribution < 1.29 is 23.4 Å². The Labute approximate surface area is 117 Å². The van der Waals surface area contributed by atoms with Crippen LogP contribution in [0.4, 0.5) is 0 Å². The molecule has 9 heteroatoms. The van der Waals surface area contributed by atoms with E-state index in [4.69, 9.17) is 10.2 Å². The van der Waals surface area contributed by atoms with Crippen molar-refractivity contribution in [3.63, 3.8) is 0 Å². The molecule has 0 unspecified atom stereocenters. The Kier molecular flexibility index (Phi) is 6.11. The number of carbonyl (C=O) groups is 1. The number of sulfonamides is 1. The van der Waals surface area contributed by atoms with E-state index in [0.717, 1.165) is 0 Å². The van der Waals surface area contributed by atoms with Crippen molar-refractivity contribution in [2.45, 2.75) is 31.2 Å². The largest absolute Gasteiger partial charge is 0.481 e. The van der Waals surface area contributed by atoms with E-state index in [1.807, 2.05) is 6.92 Å². The van der Waals surface area contributed by atoms with E-state index >= 15 is 0 Å². The maximum absolute atomic E-state index is 12.3. The van der Waals surface area contributed by atoms with E-state index in [0.29, 0.717) is 13.0 Å². The first-order chi connectivity index (χ1) is 9.41. The third-order valence-corrected chi connectivity index (χ3v) is 4.48. The Morgan fingerprint density at radius 3 is 2.70 bits per heavy atom. The Balaban J connectivity index is 2.88. The lowest BCUT2D eigenvalue weighted by molar-refractivity contribution is -0.137. The van der Waals surface area contributed by atoms with E-state index in [2.05, 4.69) is 5.10 Å². The molecule has 0 saturated carbocycles. The molecule has 0 saturated heterocycles. The Morgan fingerprint density at radius 1 is 1.45 bits per heavy atom. The highest BCUT2D eigenvalue weighted by Gasteiger charge is 2.24. The van der Waals surface area contributed by atoms with Crippen LogP contribution in [0, 0.1) is 0 Å². The van der Waals surface area contributed by atoms with Crippen LogP contribution in [0.3, 0.4) is 0 Å². The Bertz CT molecular complexity index is 534. The van der Waals surface area contributed by atoms with E-state index in [1.165, 1.54) is 21.4 Å². The normalized spacial score (nSPS) is 11.9. The van der Waals surface area contributed by atoms with Gasteiger partial charge in [0, 0.05) is 19.3 Å². The fourth-order valence-corrected chi connectivity index (χ4v) is 3.15. The summed E-state index contributed by atoms with van der Waals surface area (Å²) in [5.74, 6) is -0.974. The number of aryl methyl sites for hydroxylation is 1. The van der Waals surface area contributed by atoms with E-state index in [1.54, 1.807) is 0 Å². The number of aliphatic hydroxyl groups is 1. The first-order valence-corrected chi connectivity index (χ1v) is 7.71. The molecule has 0 aliphatic heterocycles. The minimum Gasteiger partial charge on any atom is -0.481 e. The molecule has 0 fully saturated rings. The lowest BCUT2D eigenvalue weighted by atomic mass is 10.4. The van der Waals surface area contributed by atoms with Gasteiger partial charge in [0.1, 0.15) is 4.90 Å². The van der Waals surface area contributed by atoms with Crippen LogP contribution in [-0.2, 0) is 21.4 Å². The molecule has 0 aliphatic rings. The molecule has 0 spiro atoms. The molecule has 0 amide bonds. The second-order valence-electron chi connectivity index (χ2n) is 4.21. The molecule has 1 aromatic rings. The third-order valence-electron chi connectivity index (χ3n) is 2.62. The molecule has 8 nitrogen and oxygen atoms in total. The van der Waals surface area contributed by atoms with Crippen LogP contribution in [0.25, 0.3) is 0 Å². The van der Waals surface area contributed by atoms with Gasteiger partial charge in [-0.25, -0.2) is 8.42 Å². The molecule has 114 valence electrons. The van der Waals surface area contributed by atoms with Crippen LogP contribution in [0.2, 0.25) is 0 Å². The van der Waals surface area contributed by atoms with E-state index in [9.17, 15) is 13.2 Å². The van der Waals surface area contributed by atoms with Crippen LogP contribution in [0.5, 0.6) is 0 Å². The van der Waals surface area contributed by atoms with Gasteiger partial charge in [0.15, 0.2) is 0 Å². The lowest BCUT2D eigenvalue weighted by Gasteiger charge is -2.19. The zero-order valence-electron chi connectivity index (χ0n) is 11.3. The average molecular weight is 305 g/mol. The summed E-state index contributed by atoms with van der Waals surface area (Å²) in [6, 6.07) is 0. The summed E-state index contributed by atoms with van der Waals surface area (Å²) >= 11 is 0. The second kappa shape index (κ2) is 7.36. The summed E-state index contributed by atoms with van der Waals surface area (Å²) in [7, 11) is -3.70. The quantitative estimate of drug-likeness (QED) is 0.650. The first-order valence-electron chi connectivity index (χ1n) is 6.27. The summed E-state index contributed by atoms with van der Waals surface area (Å²) in [4.78, 5) is 10.5. The van der Waals surface area contributed by atoms with Gasteiger partial charge in [-0.05, 0) is 6.42 Å². The highest BCUT2D eigenvalue weighted by molar-refractivity contribution is 7.89. The van der Waals surface area contributed by atoms with Gasteiger partial charge in [-0.3, -0.25) is 9.48 Å². The SMILES string of the molecule is CCCN(CCO)S(=O)(=O)c1cnn(CCC(=O)O)c1. The molecule has 0 atom stereocenters. The topological polar surface area (TPSA) is 113 Å². The third kappa shape index (κ3) is 4.29. The highest BCUT2D eigenvalue weighted by atomic mass is 32.2. The molecule has 2 N–H and O–H groups in total. The van der Waals surface area contributed by atoms with Crippen LogP contribution in [0.1, 0.15) is 19.8 Å².